The fourth-order valence-corrected chi connectivity index (χ4v) is 2.84. The Balaban J connectivity index is 0.00000392. The summed E-state index contributed by atoms with van der Waals surface area (Å²) in [5, 5.41) is 16.9. The summed E-state index contributed by atoms with van der Waals surface area (Å²) >= 11 is 5.97. The zero-order chi connectivity index (χ0) is 20.2. The van der Waals surface area contributed by atoms with E-state index < -0.39 is 26.5 Å². The molecule has 2 rings (SSSR count). The van der Waals surface area contributed by atoms with Crippen LogP contribution in [0.25, 0.3) is 0 Å². The summed E-state index contributed by atoms with van der Waals surface area (Å²) in [6, 6.07) is 7.51. The van der Waals surface area contributed by atoms with Crippen molar-refractivity contribution >= 4 is 45.3 Å². The number of rotatable bonds is 7. The van der Waals surface area contributed by atoms with Gasteiger partial charge in [0.05, 0.1) is 29.3 Å². The summed E-state index contributed by atoms with van der Waals surface area (Å²) < 4.78 is 38.7. The SMILES string of the molecule is C/C=N\N(Nc1cc(Cl)ccc1OC)c1ccc(S(=O)(=O)[O-])cc1C(=O)[O-].[K+].[K+]. The van der Waals surface area contributed by atoms with Gasteiger partial charge in [-0.25, -0.2) is 8.42 Å². The fraction of sp³-hybridized carbons (Fsp3) is 0.125. The Kier molecular flexibility index (Phi) is 13.3. The Morgan fingerprint density at radius 2 is 1.90 bits per heavy atom. The van der Waals surface area contributed by atoms with E-state index in [0.717, 1.165) is 17.3 Å². The number of methoxy groups -OCH3 is 1. The molecule has 29 heavy (non-hydrogen) atoms. The number of hydrogen-bond donors (Lipinski definition) is 1. The molecule has 0 spiro atoms. The number of hydrogen-bond acceptors (Lipinski definition) is 9. The summed E-state index contributed by atoms with van der Waals surface area (Å²) in [6.45, 7) is 1.58. The van der Waals surface area contributed by atoms with E-state index in [1.165, 1.54) is 19.4 Å². The van der Waals surface area contributed by atoms with Gasteiger partial charge in [0.25, 0.3) is 0 Å². The Morgan fingerprint density at radius 1 is 1.24 bits per heavy atom. The molecule has 0 aromatic heterocycles. The molecule has 0 atom stereocenters. The zero-order valence-corrected chi connectivity index (χ0v) is 24.0. The molecule has 2 aromatic rings. The normalized spacial score (nSPS) is 10.6. The van der Waals surface area contributed by atoms with Crippen LogP contribution in [0.1, 0.15) is 17.3 Å². The summed E-state index contributed by atoms with van der Waals surface area (Å²) in [5.74, 6) is -1.30. The van der Waals surface area contributed by atoms with Crippen molar-refractivity contribution in [2.75, 3.05) is 17.7 Å². The molecule has 9 nitrogen and oxygen atoms in total. The molecule has 0 radical (unpaired) electrons. The average molecular weight is 490 g/mol. The van der Waals surface area contributed by atoms with Gasteiger partial charge in [0.2, 0.25) is 0 Å². The van der Waals surface area contributed by atoms with Crippen LogP contribution in [0.15, 0.2) is 46.4 Å². The van der Waals surface area contributed by atoms with E-state index in [0.29, 0.717) is 22.5 Å². The summed E-state index contributed by atoms with van der Waals surface area (Å²) in [7, 11) is -3.41. The van der Waals surface area contributed by atoms with Crippen molar-refractivity contribution in [2.24, 2.45) is 5.10 Å². The van der Waals surface area contributed by atoms with E-state index >= 15 is 0 Å². The van der Waals surface area contributed by atoms with Gasteiger partial charge in [0.1, 0.15) is 15.9 Å². The summed E-state index contributed by atoms with van der Waals surface area (Å²) in [5.41, 5.74) is 2.56. The van der Waals surface area contributed by atoms with Crippen molar-refractivity contribution in [2.45, 2.75) is 11.8 Å². The van der Waals surface area contributed by atoms with Crippen molar-refractivity contribution in [3.05, 3.63) is 47.0 Å². The number of anilines is 2. The molecule has 0 aliphatic rings. The van der Waals surface area contributed by atoms with Crippen molar-refractivity contribution < 1.29 is 130 Å². The number of carbonyl (C=O) groups is 1. The molecule has 0 aliphatic carbocycles. The zero-order valence-electron chi connectivity index (χ0n) is 16.2. The van der Waals surface area contributed by atoms with E-state index in [9.17, 15) is 22.9 Å². The third kappa shape index (κ3) is 8.14. The Labute approximate surface area is 258 Å². The first-order chi connectivity index (χ1) is 12.7. The van der Waals surface area contributed by atoms with Crippen molar-refractivity contribution in [1.82, 2.24) is 0 Å². The van der Waals surface area contributed by atoms with Gasteiger partial charge < -0.3 is 19.2 Å². The summed E-state index contributed by atoms with van der Waals surface area (Å²) in [4.78, 5) is 10.8. The van der Waals surface area contributed by atoms with Crippen LogP contribution in [-0.2, 0) is 10.1 Å². The minimum Gasteiger partial charge on any atom is -0.744 e. The van der Waals surface area contributed by atoms with Crippen LogP contribution in [-0.4, -0.2) is 32.3 Å². The Bertz CT molecular complexity index is 1000. The third-order valence-electron chi connectivity index (χ3n) is 3.32. The number of carbonyl (C=O) groups excluding carboxylic acids is 1. The predicted molar refractivity (Wildman–Crippen MR) is 97.0 cm³/mol. The fourth-order valence-electron chi connectivity index (χ4n) is 2.17. The second-order valence-corrected chi connectivity index (χ2v) is 6.88. The van der Waals surface area contributed by atoms with Gasteiger partial charge in [0, 0.05) is 16.8 Å². The van der Waals surface area contributed by atoms with Gasteiger partial charge in [-0.15, -0.1) is 0 Å². The van der Waals surface area contributed by atoms with E-state index in [1.807, 2.05) is 0 Å². The van der Waals surface area contributed by atoms with E-state index in [-0.39, 0.29) is 108 Å². The molecule has 0 saturated carbocycles. The van der Waals surface area contributed by atoms with Gasteiger partial charge in [-0.1, -0.05) is 11.6 Å². The smallest absolute Gasteiger partial charge is 0.744 e. The number of aromatic carboxylic acids is 1. The molecular weight excluding hydrogens is 476 g/mol. The first-order valence-corrected chi connectivity index (χ1v) is 9.16. The maximum absolute atomic E-state index is 11.5. The molecule has 2 aromatic carbocycles. The van der Waals surface area contributed by atoms with Gasteiger partial charge in [-0.3, -0.25) is 5.43 Å². The number of nitrogens with one attached hydrogen (secondary N) is 1. The van der Waals surface area contributed by atoms with Gasteiger partial charge in [0.15, 0.2) is 0 Å². The topological polar surface area (TPSA) is 134 Å². The Hall–Kier alpha value is 0.453. The molecule has 0 bridgehead atoms. The van der Waals surface area contributed by atoms with Crippen molar-refractivity contribution in [1.29, 1.82) is 0 Å². The number of nitrogens with zero attached hydrogens (tertiary/aromatic N) is 2. The molecular formula is C16H14ClK2N3O6S. The monoisotopic (exact) mass is 489 g/mol. The molecule has 0 fully saturated rings. The Morgan fingerprint density at radius 3 is 2.41 bits per heavy atom. The average Bonchev–Trinajstić information content (AvgIpc) is 2.60. The van der Waals surface area contributed by atoms with Crippen LogP contribution < -0.4 is 123 Å². The van der Waals surface area contributed by atoms with Crippen LogP contribution in [0.5, 0.6) is 5.75 Å². The van der Waals surface area contributed by atoms with Crippen molar-refractivity contribution in [3.63, 3.8) is 0 Å². The number of carboxylic acids is 1. The maximum Gasteiger partial charge on any atom is 1.00 e. The minimum atomic E-state index is -4.84. The van der Waals surface area contributed by atoms with Crippen LogP contribution in [0.2, 0.25) is 5.02 Å². The number of carboxylic acid groups (broad SMARTS) is 1. The molecule has 0 heterocycles. The van der Waals surface area contributed by atoms with Gasteiger partial charge in [-0.05, 0) is 43.3 Å². The van der Waals surface area contributed by atoms with Crippen LogP contribution in [0, 0.1) is 0 Å². The van der Waals surface area contributed by atoms with Crippen LogP contribution in [0.4, 0.5) is 11.4 Å². The van der Waals surface area contributed by atoms with E-state index in [1.54, 1.807) is 19.1 Å². The van der Waals surface area contributed by atoms with Crippen LogP contribution >= 0.6 is 11.6 Å². The van der Waals surface area contributed by atoms with E-state index in [2.05, 4.69) is 10.5 Å². The molecule has 144 valence electrons. The second kappa shape index (κ2) is 13.1. The molecule has 0 amide bonds. The quantitative estimate of drug-likeness (QED) is 0.178. The molecule has 13 heteroatoms. The van der Waals surface area contributed by atoms with E-state index in [4.69, 9.17) is 16.3 Å². The first-order valence-electron chi connectivity index (χ1n) is 7.37. The largest absolute Gasteiger partial charge is 1.00 e. The molecule has 0 aliphatic heterocycles. The number of benzene rings is 2. The number of hydrazone groups is 1. The second-order valence-electron chi connectivity index (χ2n) is 5.06. The van der Waals surface area contributed by atoms with Gasteiger partial charge >= 0.3 is 103 Å². The minimum absolute atomic E-state index is 0. The molecule has 1 N–H and O–H groups in total. The predicted octanol–water partition coefficient (Wildman–Crippen LogP) is -4.54. The number of ether oxygens (including phenoxy) is 1. The number of hydrazine groups is 1. The first kappa shape index (κ1) is 29.5. The maximum atomic E-state index is 11.5. The molecule has 0 unspecified atom stereocenters. The number of halogens is 1. The molecule has 0 saturated heterocycles. The van der Waals surface area contributed by atoms with Gasteiger partial charge in [-0.2, -0.15) is 10.2 Å². The van der Waals surface area contributed by atoms with Crippen molar-refractivity contribution in [3.8, 4) is 5.75 Å². The van der Waals surface area contributed by atoms with Crippen LogP contribution in [0.3, 0.4) is 0 Å². The standard InChI is InChI=1S/C16H16ClN3O6S.2K/c1-3-18-20(19-13-8-10(17)4-7-15(13)26-2)14-6-5-11(27(23,24)25)9-12(14)16(21)22;;/h3-9,19H,1-2H3,(H,21,22)(H,23,24,25);;/q;2*+1/p-2/b18-3-;;. The summed E-state index contributed by atoms with van der Waals surface area (Å²) in [6.07, 6.45) is 1.36. The third-order valence-corrected chi connectivity index (χ3v) is 4.39.